The minimum atomic E-state index is 0.880. The van der Waals surface area contributed by atoms with Crippen molar-refractivity contribution >= 4 is 0 Å². The molecule has 0 aliphatic heterocycles. The Kier molecular flexibility index (Phi) is 1.06. The van der Waals surface area contributed by atoms with Crippen LogP contribution in [0.5, 0.6) is 0 Å². The maximum absolute atomic E-state index is 5.08. The highest BCUT2D eigenvalue weighted by Gasteiger charge is 2.30. The smallest absolute Gasteiger partial charge is 0.0117 e. The first-order chi connectivity index (χ1) is 3.34. The van der Waals surface area contributed by atoms with E-state index in [2.05, 4.69) is 12.8 Å². The van der Waals surface area contributed by atoms with Gasteiger partial charge in [0.25, 0.3) is 0 Å². The van der Waals surface area contributed by atoms with E-state index in [0.29, 0.717) is 0 Å². The van der Waals surface area contributed by atoms with Crippen molar-refractivity contribution in [3.8, 4) is 12.3 Å². The SMILES string of the molecule is C#CCC1CC1C. The van der Waals surface area contributed by atoms with Gasteiger partial charge in [0, 0.05) is 6.42 Å². The quantitative estimate of drug-likeness (QED) is 0.433. The van der Waals surface area contributed by atoms with Gasteiger partial charge < -0.3 is 0 Å². The summed E-state index contributed by atoms with van der Waals surface area (Å²) >= 11 is 0. The Morgan fingerprint density at radius 1 is 1.86 bits per heavy atom. The number of hydrogen-bond donors (Lipinski definition) is 0. The average Bonchev–Trinajstić information content (AvgIpc) is 2.22. The third-order valence-electron chi connectivity index (χ3n) is 1.66. The zero-order valence-electron chi connectivity index (χ0n) is 4.65. The first kappa shape index (κ1) is 4.71. The molecule has 0 nitrogen and oxygen atoms in total. The van der Waals surface area contributed by atoms with Crippen molar-refractivity contribution in [3.63, 3.8) is 0 Å². The molecule has 0 aromatic rings. The van der Waals surface area contributed by atoms with E-state index in [1.54, 1.807) is 0 Å². The van der Waals surface area contributed by atoms with Gasteiger partial charge in [0.1, 0.15) is 0 Å². The Labute approximate surface area is 44.9 Å². The van der Waals surface area contributed by atoms with Crippen molar-refractivity contribution < 1.29 is 0 Å². The average molecular weight is 94.2 g/mol. The summed E-state index contributed by atoms with van der Waals surface area (Å²) in [5, 5.41) is 0. The first-order valence-corrected chi connectivity index (χ1v) is 2.78. The molecule has 2 atom stereocenters. The highest BCUT2D eigenvalue weighted by molar-refractivity contribution is 4.95. The Morgan fingerprint density at radius 2 is 2.43 bits per heavy atom. The van der Waals surface area contributed by atoms with Gasteiger partial charge in [0.05, 0.1) is 0 Å². The summed E-state index contributed by atoms with van der Waals surface area (Å²) in [4.78, 5) is 0. The topological polar surface area (TPSA) is 0 Å². The highest BCUT2D eigenvalue weighted by Crippen LogP contribution is 2.39. The van der Waals surface area contributed by atoms with Crippen molar-refractivity contribution in [1.82, 2.24) is 0 Å². The highest BCUT2D eigenvalue weighted by atomic mass is 14.3. The minimum Gasteiger partial charge on any atom is -0.120 e. The van der Waals surface area contributed by atoms with Gasteiger partial charge in [0.2, 0.25) is 0 Å². The normalized spacial score (nSPS) is 37.1. The molecule has 0 saturated heterocycles. The van der Waals surface area contributed by atoms with Gasteiger partial charge >= 0.3 is 0 Å². The zero-order valence-corrected chi connectivity index (χ0v) is 4.65. The number of hydrogen-bond acceptors (Lipinski definition) is 0. The minimum absolute atomic E-state index is 0.880. The van der Waals surface area contributed by atoms with Crippen LogP contribution >= 0.6 is 0 Å². The summed E-state index contributed by atoms with van der Waals surface area (Å²) in [5.74, 6) is 4.47. The van der Waals surface area contributed by atoms with Gasteiger partial charge in [-0.15, -0.1) is 12.3 Å². The van der Waals surface area contributed by atoms with E-state index in [4.69, 9.17) is 6.42 Å². The fourth-order valence-electron chi connectivity index (χ4n) is 0.835. The van der Waals surface area contributed by atoms with Crippen LogP contribution in [-0.4, -0.2) is 0 Å². The molecule has 0 heterocycles. The first-order valence-electron chi connectivity index (χ1n) is 2.78. The summed E-state index contributed by atoms with van der Waals surface area (Å²) in [6.45, 7) is 2.25. The van der Waals surface area contributed by atoms with E-state index in [1.807, 2.05) is 0 Å². The van der Waals surface area contributed by atoms with Gasteiger partial charge in [-0.3, -0.25) is 0 Å². The fourth-order valence-corrected chi connectivity index (χ4v) is 0.835. The molecule has 0 amide bonds. The van der Waals surface area contributed by atoms with Crippen molar-refractivity contribution in [2.24, 2.45) is 11.8 Å². The van der Waals surface area contributed by atoms with Gasteiger partial charge in [-0.25, -0.2) is 0 Å². The third kappa shape index (κ3) is 0.962. The van der Waals surface area contributed by atoms with E-state index < -0.39 is 0 Å². The Morgan fingerprint density at radius 3 is 2.57 bits per heavy atom. The van der Waals surface area contributed by atoms with Crippen LogP contribution < -0.4 is 0 Å². The summed E-state index contributed by atoms with van der Waals surface area (Å²) in [7, 11) is 0. The van der Waals surface area contributed by atoms with E-state index in [1.165, 1.54) is 6.42 Å². The molecule has 1 rings (SSSR count). The van der Waals surface area contributed by atoms with E-state index in [-0.39, 0.29) is 0 Å². The van der Waals surface area contributed by atoms with Crippen LogP contribution in [0.25, 0.3) is 0 Å². The second kappa shape index (κ2) is 1.58. The monoisotopic (exact) mass is 94.1 g/mol. The van der Waals surface area contributed by atoms with Gasteiger partial charge in [0.15, 0.2) is 0 Å². The van der Waals surface area contributed by atoms with Crippen molar-refractivity contribution in [2.75, 3.05) is 0 Å². The molecule has 7 heavy (non-hydrogen) atoms. The molecular formula is C7H10. The van der Waals surface area contributed by atoms with Crippen molar-refractivity contribution in [1.29, 1.82) is 0 Å². The predicted molar refractivity (Wildman–Crippen MR) is 30.7 cm³/mol. The Hall–Kier alpha value is -0.440. The van der Waals surface area contributed by atoms with Crippen molar-refractivity contribution in [3.05, 3.63) is 0 Å². The molecule has 1 aliphatic carbocycles. The van der Waals surface area contributed by atoms with Crippen LogP contribution in [0.4, 0.5) is 0 Å². The lowest BCUT2D eigenvalue weighted by Crippen LogP contribution is -1.71. The Balaban J connectivity index is 2.12. The van der Waals surface area contributed by atoms with E-state index >= 15 is 0 Å². The number of terminal acetylenes is 1. The predicted octanol–water partition coefficient (Wildman–Crippen LogP) is 1.67. The molecule has 1 aliphatic rings. The lowest BCUT2D eigenvalue weighted by molar-refractivity contribution is 0.779. The molecule has 0 N–H and O–H groups in total. The summed E-state index contributed by atoms with van der Waals surface area (Å²) in [6, 6.07) is 0. The summed E-state index contributed by atoms with van der Waals surface area (Å²) < 4.78 is 0. The lowest BCUT2D eigenvalue weighted by Gasteiger charge is -1.79. The van der Waals surface area contributed by atoms with E-state index in [9.17, 15) is 0 Å². The zero-order chi connectivity index (χ0) is 5.28. The van der Waals surface area contributed by atoms with Crippen molar-refractivity contribution in [2.45, 2.75) is 19.8 Å². The number of rotatable bonds is 1. The second-order valence-corrected chi connectivity index (χ2v) is 2.38. The van der Waals surface area contributed by atoms with Gasteiger partial charge in [-0.2, -0.15) is 0 Å². The van der Waals surface area contributed by atoms with Crippen LogP contribution in [0.15, 0.2) is 0 Å². The van der Waals surface area contributed by atoms with Gasteiger partial charge in [-0.05, 0) is 18.3 Å². The molecule has 1 fully saturated rings. The maximum atomic E-state index is 5.08. The van der Waals surface area contributed by atoms with Crippen LogP contribution in [0, 0.1) is 24.2 Å². The molecule has 38 valence electrons. The van der Waals surface area contributed by atoms with Gasteiger partial charge in [-0.1, -0.05) is 6.92 Å². The summed E-state index contributed by atoms with van der Waals surface area (Å²) in [6.07, 6.45) is 7.45. The second-order valence-electron chi connectivity index (χ2n) is 2.38. The standard InChI is InChI=1S/C7H10/c1-3-4-7-5-6(7)2/h1,6-7H,4-5H2,2H3. The molecule has 1 saturated carbocycles. The molecule has 0 spiro atoms. The summed E-state index contributed by atoms with van der Waals surface area (Å²) in [5.41, 5.74) is 0. The van der Waals surface area contributed by atoms with Crippen LogP contribution in [0.3, 0.4) is 0 Å². The molecule has 0 heteroatoms. The van der Waals surface area contributed by atoms with Crippen LogP contribution in [-0.2, 0) is 0 Å². The maximum Gasteiger partial charge on any atom is 0.0117 e. The molecule has 0 aromatic heterocycles. The lowest BCUT2D eigenvalue weighted by atomic mass is 10.3. The largest absolute Gasteiger partial charge is 0.120 e. The Bertz CT molecular complexity index is 97.1. The molecular weight excluding hydrogens is 84.1 g/mol. The third-order valence-corrected chi connectivity index (χ3v) is 1.66. The molecule has 0 bridgehead atoms. The molecule has 2 unspecified atom stereocenters. The molecule has 0 aromatic carbocycles. The molecule has 0 radical (unpaired) electrons. The van der Waals surface area contributed by atoms with Crippen LogP contribution in [0.1, 0.15) is 19.8 Å². The fraction of sp³-hybridized carbons (Fsp3) is 0.714. The van der Waals surface area contributed by atoms with E-state index in [0.717, 1.165) is 18.3 Å². The van der Waals surface area contributed by atoms with Crippen LogP contribution in [0.2, 0.25) is 0 Å².